The molecule has 31 heavy (non-hydrogen) atoms. The lowest BCUT2D eigenvalue weighted by molar-refractivity contribution is -0.382. The smallest absolute Gasteiger partial charge is 0.300 e. The molecule has 7 nitrogen and oxygen atoms in total. The molecule has 2 N–H and O–H groups in total. The monoisotopic (exact) mass is 412 g/mol. The van der Waals surface area contributed by atoms with E-state index in [1.54, 1.807) is 60.9 Å². The number of nitro benzene ring substituents is 1. The molecular formula is C24H20N4O3. The van der Waals surface area contributed by atoms with Crippen molar-refractivity contribution in [2.24, 2.45) is 0 Å². The number of hydrogen-bond acceptors (Lipinski definition) is 5. The molecule has 1 unspecified atom stereocenters. The summed E-state index contributed by atoms with van der Waals surface area (Å²) in [6, 6.07) is 21.5. The predicted octanol–water partition coefficient (Wildman–Crippen LogP) is 5.63. The highest BCUT2D eigenvalue weighted by molar-refractivity contribution is 5.98. The second-order valence-corrected chi connectivity index (χ2v) is 7.14. The number of fused-ring (bicyclic) bond motifs is 1. The van der Waals surface area contributed by atoms with Gasteiger partial charge in [-0.1, -0.05) is 30.3 Å². The summed E-state index contributed by atoms with van der Waals surface area (Å²) in [6.07, 6.45) is 3.34. The Hall–Kier alpha value is -4.26. The van der Waals surface area contributed by atoms with Crippen molar-refractivity contribution in [2.75, 3.05) is 10.6 Å². The van der Waals surface area contributed by atoms with Gasteiger partial charge in [0.15, 0.2) is 0 Å². The summed E-state index contributed by atoms with van der Waals surface area (Å²) in [6.45, 7) is 1.82. The Labute approximate surface area is 178 Å². The Morgan fingerprint density at radius 1 is 0.968 bits per heavy atom. The van der Waals surface area contributed by atoms with Crippen molar-refractivity contribution in [1.82, 2.24) is 4.98 Å². The van der Waals surface area contributed by atoms with Gasteiger partial charge >= 0.3 is 0 Å². The quantitative estimate of drug-likeness (QED) is 0.316. The van der Waals surface area contributed by atoms with Crippen LogP contribution in [0.15, 0.2) is 85.2 Å². The number of amides is 1. The highest BCUT2D eigenvalue weighted by atomic mass is 16.6. The number of nitrogens with zero attached hydrogens (tertiary/aromatic N) is 2. The molecule has 0 saturated heterocycles. The molecule has 154 valence electrons. The number of pyridine rings is 1. The number of nitrogens with one attached hydrogen (secondary N) is 2. The fourth-order valence-corrected chi connectivity index (χ4v) is 3.38. The summed E-state index contributed by atoms with van der Waals surface area (Å²) in [7, 11) is 0. The van der Waals surface area contributed by atoms with Crippen LogP contribution in [-0.4, -0.2) is 15.8 Å². The van der Waals surface area contributed by atoms with Crippen LogP contribution in [0.4, 0.5) is 22.7 Å². The number of benzene rings is 3. The van der Waals surface area contributed by atoms with Crippen LogP contribution >= 0.6 is 0 Å². The molecule has 0 aliphatic rings. The highest BCUT2D eigenvalue weighted by Gasteiger charge is 2.19. The van der Waals surface area contributed by atoms with Crippen LogP contribution in [0.25, 0.3) is 10.8 Å². The first kappa shape index (κ1) is 20.0. The summed E-state index contributed by atoms with van der Waals surface area (Å²) in [5, 5.41) is 19.1. The van der Waals surface area contributed by atoms with Gasteiger partial charge in [0.1, 0.15) is 5.69 Å². The third kappa shape index (κ3) is 4.35. The number of rotatable bonds is 6. The minimum atomic E-state index is -0.376. The molecule has 1 heterocycles. The maximum absolute atomic E-state index is 12.5. The van der Waals surface area contributed by atoms with Gasteiger partial charge < -0.3 is 10.6 Å². The van der Waals surface area contributed by atoms with E-state index in [1.165, 1.54) is 0 Å². The molecule has 1 aromatic heterocycles. The molecule has 7 heteroatoms. The average molecular weight is 412 g/mol. The molecule has 0 radical (unpaired) electrons. The lowest BCUT2D eigenvalue weighted by atomic mass is 10.0. The Bertz CT molecular complexity index is 1240. The zero-order valence-corrected chi connectivity index (χ0v) is 16.8. The van der Waals surface area contributed by atoms with Crippen LogP contribution in [0.1, 0.15) is 18.4 Å². The molecule has 4 aromatic rings. The fourth-order valence-electron chi connectivity index (χ4n) is 3.38. The molecule has 0 aliphatic heterocycles. The zero-order valence-electron chi connectivity index (χ0n) is 16.8. The first-order chi connectivity index (χ1) is 15.0. The maximum atomic E-state index is 12.5. The maximum Gasteiger partial charge on any atom is 0.300 e. The number of carbonyl (C=O) groups excluding carboxylic acids is 1. The lowest BCUT2D eigenvalue weighted by Crippen LogP contribution is -2.18. The van der Waals surface area contributed by atoms with Crippen molar-refractivity contribution in [1.29, 1.82) is 0 Å². The van der Waals surface area contributed by atoms with Gasteiger partial charge in [-0.2, -0.15) is 0 Å². The zero-order chi connectivity index (χ0) is 21.8. The summed E-state index contributed by atoms with van der Waals surface area (Å²) in [4.78, 5) is 27.9. The predicted molar refractivity (Wildman–Crippen MR) is 122 cm³/mol. The van der Waals surface area contributed by atoms with Crippen LogP contribution < -0.4 is 10.6 Å². The molecular weight excluding hydrogens is 392 g/mol. The fraction of sp³-hybridized carbons (Fsp3) is 0.0833. The summed E-state index contributed by atoms with van der Waals surface area (Å²) in [5.74, 6) is -0.481. The molecule has 0 saturated carbocycles. The number of anilines is 3. The molecule has 1 amide bonds. The Kier molecular flexibility index (Phi) is 5.57. The van der Waals surface area contributed by atoms with E-state index < -0.39 is 0 Å². The summed E-state index contributed by atoms with van der Waals surface area (Å²) < 4.78 is 0. The number of carbonyl (C=O) groups is 1. The molecule has 4 rings (SSSR count). The minimum absolute atomic E-state index is 0.0285. The van der Waals surface area contributed by atoms with E-state index in [-0.39, 0.29) is 22.4 Å². The Balaban J connectivity index is 1.51. The topological polar surface area (TPSA) is 97.2 Å². The Morgan fingerprint density at radius 3 is 2.42 bits per heavy atom. The normalized spacial score (nSPS) is 11.6. The van der Waals surface area contributed by atoms with Crippen molar-refractivity contribution < 1.29 is 9.72 Å². The van der Waals surface area contributed by atoms with Gasteiger partial charge in [0.05, 0.1) is 16.2 Å². The third-order valence-electron chi connectivity index (χ3n) is 5.09. The summed E-state index contributed by atoms with van der Waals surface area (Å²) in [5.41, 5.74) is 2.59. The van der Waals surface area contributed by atoms with Gasteiger partial charge in [-0.05, 0) is 60.3 Å². The van der Waals surface area contributed by atoms with E-state index in [1.807, 2.05) is 31.2 Å². The molecule has 3 aromatic carbocycles. The van der Waals surface area contributed by atoms with Crippen LogP contribution in [-0.2, 0) is 4.79 Å². The second kappa shape index (κ2) is 8.62. The van der Waals surface area contributed by atoms with Crippen molar-refractivity contribution in [3.8, 4) is 0 Å². The molecule has 0 bridgehead atoms. The lowest BCUT2D eigenvalue weighted by Gasteiger charge is -2.13. The Morgan fingerprint density at radius 2 is 1.71 bits per heavy atom. The number of nitro groups is 1. The van der Waals surface area contributed by atoms with E-state index in [4.69, 9.17) is 0 Å². The molecule has 0 spiro atoms. The van der Waals surface area contributed by atoms with Crippen LogP contribution in [0.2, 0.25) is 0 Å². The van der Waals surface area contributed by atoms with Gasteiger partial charge in [0, 0.05) is 23.8 Å². The van der Waals surface area contributed by atoms with Crippen LogP contribution in [0, 0.1) is 10.1 Å². The minimum Gasteiger partial charge on any atom is -0.350 e. The van der Waals surface area contributed by atoms with Crippen LogP contribution in [0.3, 0.4) is 0 Å². The largest absolute Gasteiger partial charge is 0.350 e. The van der Waals surface area contributed by atoms with Gasteiger partial charge in [-0.15, -0.1) is 0 Å². The van der Waals surface area contributed by atoms with Crippen molar-refractivity contribution in [2.45, 2.75) is 12.8 Å². The SMILES string of the molecule is CC(C(=O)Nc1ccc(Nc2ccc3ccccc3c2[N+](=O)[O-])cc1)c1cccnc1. The van der Waals surface area contributed by atoms with Gasteiger partial charge in [0.25, 0.3) is 5.69 Å². The number of aromatic nitrogens is 1. The standard InChI is InChI=1S/C24H20N4O3/c1-16(18-6-4-14-25-15-18)24(29)27-20-11-9-19(10-12-20)26-22-13-8-17-5-2-3-7-21(17)23(22)28(30)31/h2-16,26H,1H3,(H,27,29). The molecule has 0 fully saturated rings. The third-order valence-corrected chi connectivity index (χ3v) is 5.09. The van der Waals surface area contributed by atoms with Crippen molar-refractivity contribution >= 4 is 39.4 Å². The van der Waals surface area contributed by atoms with Crippen molar-refractivity contribution in [3.63, 3.8) is 0 Å². The molecule has 1 atom stereocenters. The van der Waals surface area contributed by atoms with E-state index in [9.17, 15) is 14.9 Å². The van der Waals surface area contributed by atoms with Gasteiger partial charge in [-0.3, -0.25) is 19.9 Å². The van der Waals surface area contributed by atoms with Crippen LogP contribution in [0.5, 0.6) is 0 Å². The first-order valence-electron chi connectivity index (χ1n) is 9.77. The highest BCUT2D eigenvalue weighted by Crippen LogP contribution is 2.35. The first-order valence-corrected chi connectivity index (χ1v) is 9.77. The number of hydrogen-bond donors (Lipinski definition) is 2. The van der Waals surface area contributed by atoms with Gasteiger partial charge in [-0.25, -0.2) is 0 Å². The van der Waals surface area contributed by atoms with Crippen molar-refractivity contribution in [3.05, 3.63) is 101 Å². The average Bonchev–Trinajstić information content (AvgIpc) is 2.80. The molecule has 0 aliphatic carbocycles. The second-order valence-electron chi connectivity index (χ2n) is 7.14. The van der Waals surface area contributed by atoms with E-state index in [2.05, 4.69) is 15.6 Å². The van der Waals surface area contributed by atoms with E-state index >= 15 is 0 Å². The summed E-state index contributed by atoms with van der Waals surface area (Å²) >= 11 is 0. The van der Waals surface area contributed by atoms with E-state index in [0.717, 1.165) is 10.9 Å². The van der Waals surface area contributed by atoms with E-state index in [0.29, 0.717) is 22.4 Å². The van der Waals surface area contributed by atoms with Gasteiger partial charge in [0.2, 0.25) is 5.91 Å².